The Bertz CT molecular complexity index is 4720. The van der Waals surface area contributed by atoms with Crippen LogP contribution >= 0.6 is 0 Å². The topological polar surface area (TPSA) is 579 Å². The average Bonchev–Trinajstić information content (AvgIpc) is 1.69. The van der Waals surface area contributed by atoms with Crippen molar-refractivity contribution in [3.63, 3.8) is 0 Å². The highest BCUT2D eigenvalue weighted by molar-refractivity contribution is 6.01. The zero-order valence-electron chi connectivity index (χ0n) is 60.9. The second-order valence-corrected chi connectivity index (χ2v) is 27.1. The summed E-state index contributed by atoms with van der Waals surface area (Å²) in [4.78, 5) is 200. The number of amides is 13. The number of hydrogen-bond acceptors (Lipinski definition) is 18. The van der Waals surface area contributed by atoms with Crippen molar-refractivity contribution in [2.24, 2.45) is 22.9 Å². The molecular formula is C77H90N20O15. The van der Waals surface area contributed by atoms with Crippen molar-refractivity contribution in [2.75, 3.05) is 13.1 Å². The Morgan fingerprint density at radius 2 is 1.12 bits per heavy atom. The van der Waals surface area contributed by atoms with Gasteiger partial charge in [0.25, 0.3) is 0 Å². The van der Waals surface area contributed by atoms with Crippen LogP contribution in [0.15, 0.2) is 164 Å². The number of aromatic amines is 2. The summed E-state index contributed by atoms with van der Waals surface area (Å²) in [5.74, 6) is -14.7. The lowest BCUT2D eigenvalue weighted by Gasteiger charge is -2.28. The quantitative estimate of drug-likeness (QED) is 0.0180. The van der Waals surface area contributed by atoms with Gasteiger partial charge in [0, 0.05) is 68.5 Å². The molecule has 25 N–H and O–H groups in total. The van der Waals surface area contributed by atoms with Gasteiger partial charge < -0.3 is 107 Å². The number of fused-ring (bicyclic) bond motifs is 2. The van der Waals surface area contributed by atoms with E-state index in [0.717, 1.165) is 10.8 Å². The van der Waals surface area contributed by atoms with Crippen molar-refractivity contribution in [1.82, 2.24) is 78.8 Å². The minimum absolute atomic E-state index is 0.0135. The fraction of sp³-hybridized carbons (Fsp3) is 0.312. The number of nitrogens with two attached hydrogens (primary N) is 4. The molecular weight excluding hydrogens is 1440 g/mol. The number of nitrogens with zero attached hydrogens (tertiary/aromatic N) is 1. The number of imidazole rings is 1. The Hall–Kier alpha value is -13.7. The number of aromatic hydroxyl groups is 2. The van der Waals surface area contributed by atoms with Gasteiger partial charge in [-0.2, -0.15) is 0 Å². The molecule has 588 valence electrons. The number of nitrogens with one attached hydrogen (secondary N) is 15. The summed E-state index contributed by atoms with van der Waals surface area (Å²) in [6.07, 6.45) is 0.414. The maximum Gasteiger partial charge on any atom is 0.245 e. The zero-order chi connectivity index (χ0) is 80.5. The third kappa shape index (κ3) is 24.4. The van der Waals surface area contributed by atoms with E-state index in [1.54, 1.807) is 85.1 Å². The van der Waals surface area contributed by atoms with E-state index >= 15 is 24.0 Å². The summed E-state index contributed by atoms with van der Waals surface area (Å²) in [5, 5.41) is 60.9. The summed E-state index contributed by atoms with van der Waals surface area (Å²) >= 11 is 0. The highest BCUT2D eigenvalue weighted by atomic mass is 16.3. The third-order valence-corrected chi connectivity index (χ3v) is 18.5. The van der Waals surface area contributed by atoms with Gasteiger partial charge >= 0.3 is 0 Å². The number of phenolic OH excluding ortho intramolecular Hbond substituents is 2. The van der Waals surface area contributed by atoms with Crippen LogP contribution in [-0.2, 0) is 101 Å². The van der Waals surface area contributed by atoms with Gasteiger partial charge in [0.1, 0.15) is 71.9 Å². The number of benzene rings is 6. The number of aromatic nitrogens is 3. The molecule has 0 aliphatic carbocycles. The number of primary amides is 2. The van der Waals surface area contributed by atoms with E-state index in [4.69, 9.17) is 28.3 Å². The number of guanidine groups is 1. The highest BCUT2D eigenvalue weighted by Gasteiger charge is 2.38. The van der Waals surface area contributed by atoms with Gasteiger partial charge in [0.2, 0.25) is 76.8 Å². The van der Waals surface area contributed by atoms with Crippen molar-refractivity contribution < 1.29 is 72.5 Å². The second kappa shape index (κ2) is 39.4. The molecule has 1 aliphatic rings. The minimum Gasteiger partial charge on any atom is -0.508 e. The Labute approximate surface area is 641 Å². The molecule has 1 saturated heterocycles. The van der Waals surface area contributed by atoms with Crippen LogP contribution < -0.4 is 86.7 Å². The Balaban J connectivity index is 1.14. The van der Waals surface area contributed by atoms with Crippen LogP contribution in [0.3, 0.4) is 0 Å². The van der Waals surface area contributed by atoms with Crippen molar-refractivity contribution in [3.8, 4) is 11.5 Å². The molecule has 13 amide bonds. The first-order valence-corrected chi connectivity index (χ1v) is 35.9. The fourth-order valence-corrected chi connectivity index (χ4v) is 12.5. The molecule has 11 atom stereocenters. The van der Waals surface area contributed by atoms with Crippen molar-refractivity contribution in [3.05, 3.63) is 198 Å². The molecule has 3 heterocycles. The molecule has 0 saturated carbocycles. The van der Waals surface area contributed by atoms with Crippen LogP contribution in [0.25, 0.3) is 21.7 Å². The second-order valence-electron chi connectivity index (χ2n) is 27.1. The number of H-pyrrole nitrogens is 2. The average molecular weight is 1540 g/mol. The molecule has 1 unspecified atom stereocenters. The van der Waals surface area contributed by atoms with E-state index in [2.05, 4.69) is 78.8 Å². The largest absolute Gasteiger partial charge is 0.508 e. The Morgan fingerprint density at radius 1 is 0.562 bits per heavy atom. The van der Waals surface area contributed by atoms with Gasteiger partial charge in [-0.05, 0) is 95.1 Å². The van der Waals surface area contributed by atoms with Crippen LogP contribution in [0.2, 0.25) is 0 Å². The molecule has 112 heavy (non-hydrogen) atoms. The smallest absolute Gasteiger partial charge is 0.245 e. The van der Waals surface area contributed by atoms with Gasteiger partial charge in [-0.15, -0.1) is 0 Å². The normalized spacial score (nSPS) is 20.8. The lowest BCUT2D eigenvalue weighted by molar-refractivity contribution is -0.136. The van der Waals surface area contributed by atoms with Gasteiger partial charge in [-0.25, -0.2) is 4.98 Å². The predicted octanol–water partition coefficient (Wildman–Crippen LogP) is -2.45. The van der Waals surface area contributed by atoms with E-state index < -0.39 is 175 Å². The lowest BCUT2D eigenvalue weighted by atomic mass is 9.99. The number of hydrogen-bond donors (Lipinski definition) is 21. The van der Waals surface area contributed by atoms with E-state index in [9.17, 15) is 48.6 Å². The molecule has 0 bridgehead atoms. The first kappa shape index (κ1) is 82.3. The Kier molecular flexibility index (Phi) is 29.0. The summed E-state index contributed by atoms with van der Waals surface area (Å²) < 4.78 is 0. The van der Waals surface area contributed by atoms with Gasteiger partial charge in [0.05, 0.1) is 30.9 Å². The van der Waals surface area contributed by atoms with E-state index in [1.165, 1.54) is 68.0 Å². The summed E-state index contributed by atoms with van der Waals surface area (Å²) in [6.45, 7) is 0.261. The lowest BCUT2D eigenvalue weighted by Crippen LogP contribution is -2.62. The molecule has 9 rings (SSSR count). The van der Waals surface area contributed by atoms with Gasteiger partial charge in [0.15, 0.2) is 5.96 Å². The molecule has 1 aliphatic heterocycles. The molecule has 35 nitrogen and oxygen atoms in total. The molecule has 2 aromatic heterocycles. The standard InChI is InChI=1S/C77H90N20O15/c1-41-67(103)92-57(31-42-10-3-2-4-11-42)73(109)97-63(76(112)91-56(66(80)102)30-44-20-25-51(99)26-21-44)39-86-69(105)62(93-68(104)53(78)29-43-18-23-50(98)24-19-43)36-65(101)89-60(34-49-38-83-40-87-49)75(111)94-58(32-45-17-22-46-12-5-6-13-47(46)28-45)72(108)90-55(16-9-27-84-77(81)82)70(106)95-59(33-48-37-85-54-15-8-7-14-52(48)54)74(110)96-61(35-64(79)100)71(107)88-41/h2-8,10-15,17-26,28,37-38,40-41,53,55-63,85,98-99H,9,16,27,29-36,39,78H2,1H3,(H2,79,100)(H2,80,102)(H,83,87)(H,86,105)(H,88,107)(H,89,101)(H,90,108)(H,91,112)(H,92,103)(H,93,104)(H,94,111)(H,95,106)(H,96,110)(H,97,109)(H4,81,82,84)/t41-,53-,55-,56-,57-,58+,59-,60-,61-,62+,63?/m0/s1. The van der Waals surface area contributed by atoms with Gasteiger partial charge in [-0.1, -0.05) is 115 Å². The van der Waals surface area contributed by atoms with Crippen molar-refractivity contribution in [2.45, 2.75) is 138 Å². The van der Waals surface area contributed by atoms with Gasteiger partial charge in [-0.3, -0.25) is 67.7 Å². The van der Waals surface area contributed by atoms with Crippen LogP contribution in [-0.4, -0.2) is 187 Å². The number of carbonyl (C=O) groups is 13. The maximum atomic E-state index is 15.4. The molecule has 8 aromatic rings. The number of rotatable bonds is 23. The number of para-hydroxylation sites is 1. The van der Waals surface area contributed by atoms with E-state index in [0.29, 0.717) is 38.7 Å². The third-order valence-electron chi connectivity index (χ3n) is 18.5. The van der Waals surface area contributed by atoms with E-state index in [-0.39, 0.29) is 68.7 Å². The SMILES string of the molecule is C[C@@H]1NC(=O)[C@H](CC(N)=O)NC(=O)[C@H](Cc2c[nH]c3ccccc23)NC(=O)[C@H](CCCNC(=N)N)NC(=O)[C@@H](Cc2ccc3ccccc3c2)NC(=O)[C@H](Cc2c[nH]cn2)NC(=O)C[C@@H](NC(=O)[C@@H](N)Cc2ccc(O)cc2)C(=O)NCC(C(=O)N[C@@H](Cc2ccc(O)cc2)C(N)=O)NC(=O)[C@H](Cc2ccccc2)NC1=O. The molecule has 0 radical (unpaired) electrons. The highest BCUT2D eigenvalue weighted by Crippen LogP contribution is 2.22. The zero-order valence-corrected chi connectivity index (χ0v) is 60.9. The monoisotopic (exact) mass is 1530 g/mol. The van der Waals surface area contributed by atoms with Crippen molar-refractivity contribution in [1.29, 1.82) is 5.41 Å². The molecule has 6 aromatic carbocycles. The molecule has 1 fully saturated rings. The summed E-state index contributed by atoms with van der Waals surface area (Å²) in [5.41, 5.74) is 26.7. The van der Waals surface area contributed by atoms with Crippen molar-refractivity contribution >= 4 is 104 Å². The summed E-state index contributed by atoms with van der Waals surface area (Å²) in [7, 11) is 0. The first-order chi connectivity index (χ1) is 53.6. The molecule has 0 spiro atoms. The first-order valence-electron chi connectivity index (χ1n) is 35.9. The fourth-order valence-electron chi connectivity index (χ4n) is 12.5. The van der Waals surface area contributed by atoms with Crippen LogP contribution in [0.4, 0.5) is 0 Å². The maximum absolute atomic E-state index is 15.4. The summed E-state index contributed by atoms with van der Waals surface area (Å²) in [6, 6.07) is 20.2. The number of carbonyl (C=O) groups excluding carboxylic acids is 13. The van der Waals surface area contributed by atoms with Crippen LogP contribution in [0.1, 0.15) is 66.1 Å². The van der Waals surface area contributed by atoms with Crippen LogP contribution in [0, 0.1) is 5.41 Å². The van der Waals surface area contributed by atoms with Crippen LogP contribution in [0.5, 0.6) is 11.5 Å². The number of phenols is 2. The Morgan fingerprint density at radius 3 is 1.76 bits per heavy atom. The van der Waals surface area contributed by atoms with E-state index in [1.807, 2.05) is 18.2 Å². The molecule has 35 heteroatoms. The minimum atomic E-state index is -1.97. The predicted molar refractivity (Wildman–Crippen MR) is 408 cm³/mol.